The molecule has 0 saturated carbocycles. The van der Waals surface area contributed by atoms with Gasteiger partial charge in [-0.25, -0.2) is 0 Å². The molecule has 5 nitrogen and oxygen atoms in total. The number of amides is 1. The van der Waals surface area contributed by atoms with Gasteiger partial charge in [0.25, 0.3) is 0 Å². The molecule has 0 aromatic heterocycles. The van der Waals surface area contributed by atoms with Crippen LogP contribution in [0.15, 0.2) is 0 Å². The second-order valence-corrected chi connectivity index (χ2v) is 3.50. The third kappa shape index (κ3) is 2.70. The van der Waals surface area contributed by atoms with E-state index in [0.29, 0.717) is 5.92 Å². The van der Waals surface area contributed by atoms with Crippen molar-refractivity contribution in [2.75, 3.05) is 26.7 Å². The van der Waals surface area contributed by atoms with Gasteiger partial charge in [-0.3, -0.25) is 9.59 Å². The molecule has 1 unspecified atom stereocenters. The lowest BCUT2D eigenvalue weighted by molar-refractivity contribution is -0.141. The third-order valence-electron chi connectivity index (χ3n) is 2.57. The Morgan fingerprint density at radius 3 is 2.64 bits per heavy atom. The Morgan fingerprint density at radius 2 is 2.21 bits per heavy atom. The lowest BCUT2D eigenvalue weighted by Crippen LogP contribution is -2.50. The van der Waals surface area contributed by atoms with E-state index >= 15 is 0 Å². The molecule has 0 bridgehead atoms. The van der Waals surface area contributed by atoms with Crippen LogP contribution >= 0.6 is 0 Å². The van der Waals surface area contributed by atoms with Crippen LogP contribution in [0.4, 0.5) is 0 Å². The second-order valence-electron chi connectivity index (χ2n) is 3.50. The van der Waals surface area contributed by atoms with Crippen LogP contribution in [0, 0.1) is 11.8 Å². The molecular formula is C9H16N2O3. The van der Waals surface area contributed by atoms with E-state index in [1.54, 1.807) is 0 Å². The summed E-state index contributed by atoms with van der Waals surface area (Å²) < 4.78 is 4.42. The van der Waals surface area contributed by atoms with E-state index in [-0.39, 0.29) is 18.4 Å². The predicted octanol–water partition coefficient (Wildman–Crippen LogP) is -0.869. The molecule has 1 saturated heterocycles. The zero-order valence-corrected chi connectivity index (χ0v) is 8.50. The van der Waals surface area contributed by atoms with Crippen LogP contribution in [0.5, 0.6) is 0 Å². The quantitative estimate of drug-likeness (QED) is 0.579. The normalized spacial score (nSPS) is 18.1. The average molecular weight is 200 g/mol. The van der Waals surface area contributed by atoms with E-state index in [1.807, 2.05) is 6.92 Å². The van der Waals surface area contributed by atoms with Crippen LogP contribution in [-0.2, 0) is 14.3 Å². The Morgan fingerprint density at radius 1 is 1.57 bits per heavy atom. The number of carbonyl (C=O) groups excluding carboxylic acids is 2. The van der Waals surface area contributed by atoms with Gasteiger partial charge in [-0.2, -0.15) is 0 Å². The summed E-state index contributed by atoms with van der Waals surface area (Å²) in [5, 5.41) is 5.64. The first-order valence-corrected chi connectivity index (χ1v) is 4.70. The molecule has 1 aliphatic rings. The summed E-state index contributed by atoms with van der Waals surface area (Å²) >= 11 is 0. The number of ether oxygens (including phenoxy) is 1. The number of carbonyl (C=O) groups is 2. The number of hydrogen-bond acceptors (Lipinski definition) is 4. The minimum Gasteiger partial charge on any atom is -0.468 e. The van der Waals surface area contributed by atoms with Crippen molar-refractivity contribution in [3.8, 4) is 0 Å². The van der Waals surface area contributed by atoms with Gasteiger partial charge in [0.2, 0.25) is 5.91 Å². The molecule has 1 aliphatic heterocycles. The summed E-state index contributed by atoms with van der Waals surface area (Å²) in [7, 11) is 1.30. The zero-order chi connectivity index (χ0) is 10.6. The van der Waals surface area contributed by atoms with Crippen LogP contribution in [0.3, 0.4) is 0 Å². The molecule has 2 N–H and O–H groups in total. The first-order valence-electron chi connectivity index (χ1n) is 4.70. The van der Waals surface area contributed by atoms with Crippen molar-refractivity contribution in [2.45, 2.75) is 6.92 Å². The summed E-state index contributed by atoms with van der Waals surface area (Å²) in [5.74, 6) is -0.146. The Bertz CT molecular complexity index is 226. The minimum absolute atomic E-state index is 0.0408. The van der Waals surface area contributed by atoms with Crippen molar-refractivity contribution in [1.29, 1.82) is 0 Å². The Labute approximate surface area is 83.2 Å². The molecule has 0 aliphatic carbocycles. The number of nitrogens with one attached hydrogen (secondary N) is 2. The fourth-order valence-electron chi connectivity index (χ4n) is 1.27. The van der Waals surface area contributed by atoms with Crippen LogP contribution in [0.2, 0.25) is 0 Å². The van der Waals surface area contributed by atoms with E-state index in [2.05, 4.69) is 15.4 Å². The molecule has 1 atom stereocenters. The van der Waals surface area contributed by atoms with Gasteiger partial charge in [-0.1, -0.05) is 6.92 Å². The SMILES string of the molecule is COC(=O)CNC(=O)C(C)C1CNC1. The monoisotopic (exact) mass is 200 g/mol. The van der Waals surface area contributed by atoms with E-state index in [0.717, 1.165) is 13.1 Å². The molecule has 5 heteroatoms. The first-order chi connectivity index (χ1) is 6.65. The molecule has 0 radical (unpaired) electrons. The van der Waals surface area contributed by atoms with E-state index in [1.165, 1.54) is 7.11 Å². The van der Waals surface area contributed by atoms with Crippen LogP contribution in [0.1, 0.15) is 6.92 Å². The second kappa shape index (κ2) is 4.95. The van der Waals surface area contributed by atoms with Gasteiger partial charge < -0.3 is 15.4 Å². The summed E-state index contributed by atoms with van der Waals surface area (Å²) in [6.07, 6.45) is 0. The number of methoxy groups -OCH3 is 1. The summed E-state index contributed by atoms with van der Waals surface area (Å²) in [4.78, 5) is 22.2. The summed E-state index contributed by atoms with van der Waals surface area (Å²) in [6, 6.07) is 0. The molecule has 0 spiro atoms. The third-order valence-corrected chi connectivity index (χ3v) is 2.57. The minimum atomic E-state index is -0.419. The Hall–Kier alpha value is -1.10. The molecule has 1 fully saturated rings. The van der Waals surface area contributed by atoms with Gasteiger partial charge in [0.15, 0.2) is 0 Å². The molecule has 1 heterocycles. The van der Waals surface area contributed by atoms with Crippen LogP contribution in [-0.4, -0.2) is 38.6 Å². The largest absolute Gasteiger partial charge is 0.468 e. The van der Waals surface area contributed by atoms with E-state index in [4.69, 9.17) is 0 Å². The molecular weight excluding hydrogens is 184 g/mol. The molecule has 1 rings (SSSR count). The van der Waals surface area contributed by atoms with Crippen molar-refractivity contribution in [1.82, 2.24) is 10.6 Å². The van der Waals surface area contributed by atoms with Gasteiger partial charge in [-0.05, 0) is 19.0 Å². The van der Waals surface area contributed by atoms with Gasteiger partial charge in [0.1, 0.15) is 6.54 Å². The number of hydrogen-bond donors (Lipinski definition) is 2. The van der Waals surface area contributed by atoms with Crippen LogP contribution in [0.25, 0.3) is 0 Å². The van der Waals surface area contributed by atoms with Gasteiger partial charge >= 0.3 is 5.97 Å². The fourth-order valence-corrected chi connectivity index (χ4v) is 1.27. The predicted molar refractivity (Wildman–Crippen MR) is 50.5 cm³/mol. The van der Waals surface area contributed by atoms with E-state index in [9.17, 15) is 9.59 Å². The van der Waals surface area contributed by atoms with Crippen molar-refractivity contribution in [2.24, 2.45) is 11.8 Å². The van der Waals surface area contributed by atoms with Gasteiger partial charge in [-0.15, -0.1) is 0 Å². The lowest BCUT2D eigenvalue weighted by Gasteiger charge is -2.31. The Balaban J connectivity index is 2.23. The highest BCUT2D eigenvalue weighted by atomic mass is 16.5. The number of esters is 1. The molecule has 14 heavy (non-hydrogen) atoms. The zero-order valence-electron chi connectivity index (χ0n) is 8.50. The molecule has 1 amide bonds. The smallest absolute Gasteiger partial charge is 0.325 e. The van der Waals surface area contributed by atoms with Crippen molar-refractivity contribution in [3.05, 3.63) is 0 Å². The van der Waals surface area contributed by atoms with Gasteiger partial charge in [0, 0.05) is 5.92 Å². The molecule has 0 aromatic rings. The van der Waals surface area contributed by atoms with Gasteiger partial charge in [0.05, 0.1) is 7.11 Å². The van der Waals surface area contributed by atoms with Crippen molar-refractivity contribution < 1.29 is 14.3 Å². The highest BCUT2D eigenvalue weighted by Crippen LogP contribution is 2.15. The van der Waals surface area contributed by atoms with Crippen molar-refractivity contribution >= 4 is 11.9 Å². The van der Waals surface area contributed by atoms with E-state index < -0.39 is 5.97 Å². The maximum Gasteiger partial charge on any atom is 0.325 e. The Kier molecular flexibility index (Phi) is 3.88. The maximum atomic E-state index is 11.5. The molecule has 80 valence electrons. The topological polar surface area (TPSA) is 67.4 Å². The summed E-state index contributed by atoms with van der Waals surface area (Å²) in [6.45, 7) is 3.59. The maximum absolute atomic E-state index is 11.5. The standard InChI is InChI=1S/C9H16N2O3/c1-6(7-3-10-4-7)9(13)11-5-8(12)14-2/h6-7,10H,3-5H2,1-2H3,(H,11,13). The van der Waals surface area contributed by atoms with Crippen LogP contribution < -0.4 is 10.6 Å². The highest BCUT2D eigenvalue weighted by molar-refractivity contribution is 5.83. The molecule has 0 aromatic carbocycles. The lowest BCUT2D eigenvalue weighted by atomic mass is 9.88. The first kappa shape index (κ1) is 11.0. The van der Waals surface area contributed by atoms with Crippen molar-refractivity contribution in [3.63, 3.8) is 0 Å². The summed E-state index contributed by atoms with van der Waals surface area (Å²) in [5.41, 5.74) is 0. The average Bonchev–Trinajstić information content (AvgIpc) is 2.10. The fraction of sp³-hybridized carbons (Fsp3) is 0.778. The number of rotatable bonds is 4. The highest BCUT2D eigenvalue weighted by Gasteiger charge is 2.28.